The first-order valence-corrected chi connectivity index (χ1v) is 10.8. The summed E-state index contributed by atoms with van der Waals surface area (Å²) in [5.74, 6) is 1.29. The monoisotopic (exact) mass is 403 g/mol. The third-order valence-corrected chi connectivity index (χ3v) is 6.46. The Kier molecular flexibility index (Phi) is 4.19. The molecule has 2 fully saturated rings. The molecule has 2 N–H and O–H groups in total. The van der Waals surface area contributed by atoms with Crippen molar-refractivity contribution in [3.05, 3.63) is 36.4 Å². The van der Waals surface area contributed by atoms with Gasteiger partial charge < -0.3 is 15.0 Å². The van der Waals surface area contributed by atoms with E-state index in [4.69, 9.17) is 14.7 Å². The Bertz CT molecular complexity index is 1200. The van der Waals surface area contributed by atoms with Crippen LogP contribution in [0.1, 0.15) is 50.0 Å². The second-order valence-corrected chi connectivity index (χ2v) is 8.47. The van der Waals surface area contributed by atoms with Crippen LogP contribution in [-0.2, 0) is 4.74 Å². The van der Waals surface area contributed by atoms with E-state index >= 15 is 0 Å². The summed E-state index contributed by atoms with van der Waals surface area (Å²) < 4.78 is 7.33. The fraction of sp³-hybridized carbons (Fsp3) is 0.455. The second kappa shape index (κ2) is 7.05. The Hall–Kier alpha value is -3.00. The Morgan fingerprint density at radius 1 is 1.10 bits per heavy atom. The minimum absolute atomic E-state index is 0.387. The second-order valence-electron chi connectivity index (χ2n) is 8.47. The Morgan fingerprint density at radius 3 is 2.77 bits per heavy atom. The Labute approximate surface area is 174 Å². The van der Waals surface area contributed by atoms with E-state index in [2.05, 4.69) is 20.4 Å². The van der Waals surface area contributed by atoms with Gasteiger partial charge in [0.2, 0.25) is 5.95 Å². The summed E-state index contributed by atoms with van der Waals surface area (Å²) in [6.07, 6.45) is 15.0. The van der Waals surface area contributed by atoms with E-state index in [0.29, 0.717) is 24.0 Å². The molecule has 0 aromatic carbocycles. The number of rotatable bonds is 5. The largest absolute Gasteiger partial charge is 0.381 e. The van der Waals surface area contributed by atoms with E-state index in [-0.39, 0.29) is 0 Å². The summed E-state index contributed by atoms with van der Waals surface area (Å²) in [7, 11) is 1.80. The fourth-order valence-corrected chi connectivity index (χ4v) is 4.53. The molecule has 0 bridgehead atoms. The van der Waals surface area contributed by atoms with Crippen LogP contribution in [0.2, 0.25) is 0 Å². The molecule has 0 unspecified atom stereocenters. The molecule has 0 saturated heterocycles. The van der Waals surface area contributed by atoms with Crippen molar-refractivity contribution in [1.82, 2.24) is 29.5 Å². The minimum Gasteiger partial charge on any atom is -0.381 e. The van der Waals surface area contributed by atoms with Gasteiger partial charge in [0.1, 0.15) is 5.65 Å². The standard InChI is InChI=1S/C22H25N7O/c1-30-15-6-4-14(5-7-15)26-22-24-11-18-17(10-23-20(18)28-22)19-8-9-29-21(27-19)16(12-25-29)13-2-3-13/h8-15H,2-7H2,1H3,(H2,23,24,26,28)/t14-,15+. The van der Waals surface area contributed by atoms with Crippen molar-refractivity contribution in [2.24, 2.45) is 0 Å². The first-order chi connectivity index (χ1) is 14.8. The van der Waals surface area contributed by atoms with Crippen LogP contribution in [0.25, 0.3) is 27.9 Å². The highest BCUT2D eigenvalue weighted by Gasteiger charge is 2.27. The number of nitrogens with zero attached hydrogens (tertiary/aromatic N) is 5. The van der Waals surface area contributed by atoms with Gasteiger partial charge in [-0.15, -0.1) is 0 Å². The highest BCUT2D eigenvalue weighted by molar-refractivity contribution is 5.92. The summed E-state index contributed by atoms with van der Waals surface area (Å²) in [5, 5.41) is 8.92. The number of fused-ring (bicyclic) bond motifs is 2. The molecule has 8 nitrogen and oxygen atoms in total. The van der Waals surface area contributed by atoms with Gasteiger partial charge in [-0.05, 0) is 50.5 Å². The van der Waals surface area contributed by atoms with Crippen molar-refractivity contribution in [3.63, 3.8) is 0 Å². The fourth-order valence-electron chi connectivity index (χ4n) is 4.53. The number of aromatic nitrogens is 6. The van der Waals surface area contributed by atoms with Gasteiger partial charge in [-0.1, -0.05) is 0 Å². The molecule has 0 radical (unpaired) electrons. The molecule has 154 valence electrons. The summed E-state index contributed by atoms with van der Waals surface area (Å²) >= 11 is 0. The van der Waals surface area contributed by atoms with Crippen LogP contribution >= 0.6 is 0 Å². The molecule has 2 aliphatic carbocycles. The third-order valence-electron chi connectivity index (χ3n) is 6.46. The molecule has 4 aromatic rings. The lowest BCUT2D eigenvalue weighted by Gasteiger charge is -2.28. The third kappa shape index (κ3) is 3.11. The van der Waals surface area contributed by atoms with Gasteiger partial charge in [-0.25, -0.2) is 14.5 Å². The first kappa shape index (κ1) is 17.8. The highest BCUT2D eigenvalue weighted by Crippen LogP contribution is 2.41. The van der Waals surface area contributed by atoms with Gasteiger partial charge in [-0.2, -0.15) is 10.1 Å². The van der Waals surface area contributed by atoms with Crippen molar-refractivity contribution in [3.8, 4) is 11.3 Å². The van der Waals surface area contributed by atoms with Crippen molar-refractivity contribution < 1.29 is 4.74 Å². The van der Waals surface area contributed by atoms with Gasteiger partial charge in [0.15, 0.2) is 5.65 Å². The number of H-pyrrole nitrogens is 1. The van der Waals surface area contributed by atoms with Crippen LogP contribution in [0.3, 0.4) is 0 Å². The number of anilines is 1. The van der Waals surface area contributed by atoms with Crippen LogP contribution < -0.4 is 5.32 Å². The summed E-state index contributed by atoms with van der Waals surface area (Å²) in [4.78, 5) is 17.5. The SMILES string of the molecule is CO[C@H]1CC[C@@H](Nc2ncc3c(-c4ccn5ncc(C6CC6)c5n4)c[nH]c3n2)CC1. The molecular weight excluding hydrogens is 378 g/mol. The van der Waals surface area contributed by atoms with E-state index < -0.39 is 0 Å². The maximum absolute atomic E-state index is 5.46. The van der Waals surface area contributed by atoms with Crippen LogP contribution in [-0.4, -0.2) is 48.8 Å². The molecule has 0 spiro atoms. The molecule has 30 heavy (non-hydrogen) atoms. The van der Waals surface area contributed by atoms with E-state index in [1.807, 2.05) is 35.4 Å². The molecule has 0 atom stereocenters. The Morgan fingerprint density at radius 2 is 1.97 bits per heavy atom. The van der Waals surface area contributed by atoms with Crippen LogP contribution in [0.15, 0.2) is 30.9 Å². The van der Waals surface area contributed by atoms with Crippen molar-refractivity contribution in [2.75, 3.05) is 12.4 Å². The molecule has 8 heteroatoms. The minimum atomic E-state index is 0.387. The molecule has 4 aromatic heterocycles. The average molecular weight is 403 g/mol. The van der Waals surface area contributed by atoms with Crippen LogP contribution in [0, 0.1) is 0 Å². The molecule has 2 aliphatic rings. The van der Waals surface area contributed by atoms with Gasteiger partial charge in [0.05, 0.1) is 18.0 Å². The van der Waals surface area contributed by atoms with Crippen molar-refractivity contribution in [2.45, 2.75) is 56.6 Å². The summed E-state index contributed by atoms with van der Waals surface area (Å²) in [5.41, 5.74) is 4.96. The topological polar surface area (TPSA) is 93.0 Å². The predicted molar refractivity (Wildman–Crippen MR) is 115 cm³/mol. The normalized spacial score (nSPS) is 22.0. The molecule has 0 aliphatic heterocycles. The van der Waals surface area contributed by atoms with E-state index in [9.17, 15) is 0 Å². The maximum Gasteiger partial charge on any atom is 0.224 e. The van der Waals surface area contributed by atoms with Gasteiger partial charge in [0.25, 0.3) is 0 Å². The number of ether oxygens (including phenoxy) is 1. The van der Waals surface area contributed by atoms with Gasteiger partial charge >= 0.3 is 0 Å². The summed E-state index contributed by atoms with van der Waals surface area (Å²) in [6, 6.07) is 2.40. The lowest BCUT2D eigenvalue weighted by molar-refractivity contribution is 0.0681. The highest BCUT2D eigenvalue weighted by atomic mass is 16.5. The van der Waals surface area contributed by atoms with Crippen LogP contribution in [0.4, 0.5) is 5.95 Å². The zero-order chi connectivity index (χ0) is 20.1. The van der Waals surface area contributed by atoms with Crippen molar-refractivity contribution in [1.29, 1.82) is 0 Å². The number of nitrogens with one attached hydrogen (secondary N) is 2. The smallest absolute Gasteiger partial charge is 0.224 e. The lowest BCUT2D eigenvalue weighted by atomic mass is 9.93. The summed E-state index contributed by atoms with van der Waals surface area (Å²) in [6.45, 7) is 0. The Balaban J connectivity index is 1.27. The molecular formula is C22H25N7O. The molecule has 2 saturated carbocycles. The first-order valence-electron chi connectivity index (χ1n) is 10.8. The average Bonchev–Trinajstić information content (AvgIpc) is 3.40. The zero-order valence-electron chi connectivity index (χ0n) is 17.0. The van der Waals surface area contributed by atoms with Gasteiger partial charge in [0, 0.05) is 48.3 Å². The van der Waals surface area contributed by atoms with Gasteiger partial charge in [-0.3, -0.25) is 0 Å². The van der Waals surface area contributed by atoms with E-state index in [1.54, 1.807) is 7.11 Å². The molecule has 0 amide bonds. The van der Waals surface area contributed by atoms with E-state index in [0.717, 1.165) is 53.6 Å². The lowest BCUT2D eigenvalue weighted by Crippen LogP contribution is -2.29. The zero-order valence-corrected chi connectivity index (χ0v) is 17.0. The van der Waals surface area contributed by atoms with Crippen molar-refractivity contribution >= 4 is 22.6 Å². The number of aromatic amines is 1. The number of hydrogen-bond acceptors (Lipinski definition) is 6. The van der Waals surface area contributed by atoms with E-state index in [1.165, 1.54) is 18.4 Å². The number of methoxy groups -OCH3 is 1. The quantitative estimate of drug-likeness (QED) is 0.525. The maximum atomic E-state index is 5.46. The molecule has 4 heterocycles. The number of hydrogen-bond donors (Lipinski definition) is 2. The molecule has 6 rings (SSSR count). The predicted octanol–water partition coefficient (Wildman–Crippen LogP) is 3.91. The van der Waals surface area contributed by atoms with Crippen LogP contribution in [0.5, 0.6) is 0 Å².